The minimum Gasteiger partial charge on any atom is -0.354 e. The highest BCUT2D eigenvalue weighted by atomic mass is 28.3. The molecule has 0 unspecified atom stereocenters. The molecule has 0 bridgehead atoms. The van der Waals surface area contributed by atoms with Crippen LogP contribution in [0.2, 0.25) is 19.6 Å². The molecule has 0 saturated carbocycles. The highest BCUT2D eigenvalue weighted by molar-refractivity contribution is 6.83. The van der Waals surface area contributed by atoms with Crippen molar-refractivity contribution in [2.45, 2.75) is 46.0 Å². The SMILES string of the molecule is CC(C)(C)NC(=O)c1cc2[nH]c3ccccc3c(=O)c2cc1C#C[Si](C)(C)C. The van der Waals surface area contributed by atoms with Crippen LogP contribution in [0.25, 0.3) is 21.8 Å². The van der Waals surface area contributed by atoms with Gasteiger partial charge in [0.05, 0.1) is 11.1 Å². The Morgan fingerprint density at radius 1 is 1.04 bits per heavy atom. The normalized spacial score (nSPS) is 11.9. The molecule has 0 aliphatic rings. The van der Waals surface area contributed by atoms with E-state index in [0.29, 0.717) is 27.4 Å². The summed E-state index contributed by atoms with van der Waals surface area (Å²) < 4.78 is 0. The van der Waals surface area contributed by atoms with Crippen LogP contribution in [0, 0.1) is 11.5 Å². The number of fused-ring (bicyclic) bond motifs is 2. The van der Waals surface area contributed by atoms with Crippen molar-refractivity contribution in [3.05, 3.63) is 57.7 Å². The first-order chi connectivity index (χ1) is 12.9. The summed E-state index contributed by atoms with van der Waals surface area (Å²) in [4.78, 5) is 29.2. The summed E-state index contributed by atoms with van der Waals surface area (Å²) in [5.41, 5.74) is 5.37. The van der Waals surface area contributed by atoms with Crippen LogP contribution in [0.1, 0.15) is 36.7 Å². The average Bonchev–Trinajstić information content (AvgIpc) is 2.57. The van der Waals surface area contributed by atoms with Gasteiger partial charge in [0.2, 0.25) is 0 Å². The monoisotopic (exact) mass is 390 g/mol. The van der Waals surface area contributed by atoms with Gasteiger partial charge in [-0.1, -0.05) is 37.7 Å². The standard InChI is InChI=1S/C23H26N2O2Si/c1-23(2,3)25-22(27)17-14-20-18(13-15(17)11-12-28(4,5)6)21(26)16-9-7-8-10-19(16)24-20/h7-10,13-14H,1-6H3,(H,24,26)(H,25,27). The quantitative estimate of drug-likeness (QED) is 0.367. The van der Waals surface area contributed by atoms with E-state index in [1.54, 1.807) is 18.2 Å². The molecule has 3 aromatic rings. The molecule has 0 fully saturated rings. The second-order valence-corrected chi connectivity index (χ2v) is 13.9. The smallest absolute Gasteiger partial charge is 0.253 e. The van der Waals surface area contributed by atoms with Crippen LogP contribution in [0.5, 0.6) is 0 Å². The number of H-pyrrole nitrogens is 1. The van der Waals surface area contributed by atoms with Crippen molar-refractivity contribution in [1.29, 1.82) is 0 Å². The summed E-state index contributed by atoms with van der Waals surface area (Å²) in [6.07, 6.45) is 0. The zero-order valence-corrected chi connectivity index (χ0v) is 18.3. The van der Waals surface area contributed by atoms with E-state index in [1.807, 2.05) is 39.0 Å². The van der Waals surface area contributed by atoms with E-state index in [1.165, 1.54) is 0 Å². The lowest BCUT2D eigenvalue weighted by molar-refractivity contribution is 0.0919. The number of amides is 1. The van der Waals surface area contributed by atoms with E-state index >= 15 is 0 Å². The molecule has 1 aromatic heterocycles. The molecule has 5 heteroatoms. The Morgan fingerprint density at radius 2 is 1.71 bits per heavy atom. The van der Waals surface area contributed by atoms with Crippen molar-refractivity contribution >= 4 is 35.8 Å². The Kier molecular flexibility index (Phi) is 4.94. The molecule has 1 heterocycles. The summed E-state index contributed by atoms with van der Waals surface area (Å²) >= 11 is 0. The number of carbonyl (C=O) groups is 1. The van der Waals surface area contributed by atoms with Crippen LogP contribution in [0.15, 0.2) is 41.2 Å². The molecule has 0 aliphatic heterocycles. The molecule has 0 atom stereocenters. The molecule has 144 valence electrons. The second-order valence-electron chi connectivity index (χ2n) is 9.15. The van der Waals surface area contributed by atoms with Gasteiger partial charge in [-0.25, -0.2) is 0 Å². The van der Waals surface area contributed by atoms with Gasteiger partial charge in [-0.3, -0.25) is 9.59 Å². The van der Waals surface area contributed by atoms with Crippen molar-refractivity contribution in [2.24, 2.45) is 0 Å². The van der Waals surface area contributed by atoms with Crippen molar-refractivity contribution in [3.63, 3.8) is 0 Å². The summed E-state index contributed by atoms with van der Waals surface area (Å²) in [5, 5.41) is 4.18. The molecule has 0 saturated heterocycles. The van der Waals surface area contributed by atoms with E-state index < -0.39 is 8.07 Å². The number of aromatic amines is 1. The zero-order valence-electron chi connectivity index (χ0n) is 17.3. The van der Waals surface area contributed by atoms with Gasteiger partial charge in [0.25, 0.3) is 5.91 Å². The van der Waals surface area contributed by atoms with E-state index in [0.717, 1.165) is 5.52 Å². The van der Waals surface area contributed by atoms with Crippen LogP contribution < -0.4 is 10.7 Å². The van der Waals surface area contributed by atoms with Gasteiger partial charge in [0, 0.05) is 27.4 Å². The van der Waals surface area contributed by atoms with E-state index in [9.17, 15) is 9.59 Å². The van der Waals surface area contributed by atoms with Gasteiger partial charge in [-0.05, 0) is 45.0 Å². The van der Waals surface area contributed by atoms with E-state index in [-0.39, 0.29) is 16.9 Å². The van der Waals surface area contributed by atoms with Crippen LogP contribution in [-0.2, 0) is 0 Å². The summed E-state index contributed by atoms with van der Waals surface area (Å²) in [6, 6.07) is 10.9. The lowest BCUT2D eigenvalue weighted by Gasteiger charge is -2.21. The molecule has 0 aliphatic carbocycles. The minimum atomic E-state index is -1.65. The molecule has 2 N–H and O–H groups in total. The third kappa shape index (κ3) is 4.34. The number of aromatic nitrogens is 1. The minimum absolute atomic E-state index is 0.0526. The fourth-order valence-corrected chi connectivity index (χ4v) is 3.43. The maximum Gasteiger partial charge on any atom is 0.253 e. The first-order valence-corrected chi connectivity index (χ1v) is 12.9. The molecule has 0 radical (unpaired) electrons. The van der Waals surface area contributed by atoms with Crippen LogP contribution in [0.4, 0.5) is 0 Å². The van der Waals surface area contributed by atoms with Crippen molar-refractivity contribution < 1.29 is 4.79 Å². The molecule has 0 spiro atoms. The molecule has 28 heavy (non-hydrogen) atoms. The predicted octanol–water partition coefficient (Wildman–Crippen LogP) is 4.44. The Balaban J connectivity index is 2.31. The maximum atomic E-state index is 13.0. The van der Waals surface area contributed by atoms with Gasteiger partial charge in [0.1, 0.15) is 8.07 Å². The Labute approximate surface area is 166 Å². The maximum absolute atomic E-state index is 13.0. The number of rotatable bonds is 1. The fraction of sp³-hybridized carbons (Fsp3) is 0.304. The largest absolute Gasteiger partial charge is 0.354 e. The van der Waals surface area contributed by atoms with Crippen LogP contribution in [0.3, 0.4) is 0 Å². The Morgan fingerprint density at radius 3 is 2.36 bits per heavy atom. The summed E-state index contributed by atoms with van der Waals surface area (Å²) in [5.74, 6) is 2.99. The third-order valence-electron chi connectivity index (χ3n) is 4.15. The number of carbonyl (C=O) groups excluding carboxylic acids is 1. The predicted molar refractivity (Wildman–Crippen MR) is 120 cm³/mol. The van der Waals surface area contributed by atoms with Crippen molar-refractivity contribution in [3.8, 4) is 11.5 Å². The highest BCUT2D eigenvalue weighted by Gasteiger charge is 2.20. The van der Waals surface area contributed by atoms with Gasteiger partial charge in [-0.15, -0.1) is 5.54 Å². The lowest BCUT2D eigenvalue weighted by atomic mass is 10.0. The van der Waals surface area contributed by atoms with E-state index in [4.69, 9.17) is 0 Å². The highest BCUT2D eigenvalue weighted by Crippen LogP contribution is 2.20. The van der Waals surface area contributed by atoms with Gasteiger partial charge in [-0.2, -0.15) is 0 Å². The number of para-hydroxylation sites is 1. The van der Waals surface area contributed by atoms with Crippen LogP contribution >= 0.6 is 0 Å². The molecule has 2 aromatic carbocycles. The first kappa shape index (κ1) is 19.9. The number of hydrogen-bond acceptors (Lipinski definition) is 2. The second kappa shape index (κ2) is 6.96. The number of pyridine rings is 1. The van der Waals surface area contributed by atoms with Crippen LogP contribution in [-0.4, -0.2) is 24.5 Å². The third-order valence-corrected chi connectivity index (χ3v) is 5.02. The number of nitrogens with one attached hydrogen (secondary N) is 2. The van der Waals surface area contributed by atoms with Gasteiger partial charge >= 0.3 is 0 Å². The molecular weight excluding hydrogens is 364 g/mol. The fourth-order valence-electron chi connectivity index (χ4n) is 2.93. The Hall–Kier alpha value is -2.84. The molecular formula is C23H26N2O2Si. The van der Waals surface area contributed by atoms with Crippen molar-refractivity contribution in [1.82, 2.24) is 10.3 Å². The molecule has 4 nitrogen and oxygen atoms in total. The van der Waals surface area contributed by atoms with E-state index in [2.05, 4.69) is 41.4 Å². The first-order valence-electron chi connectivity index (χ1n) is 9.39. The summed E-state index contributed by atoms with van der Waals surface area (Å²) in [6.45, 7) is 12.3. The average molecular weight is 391 g/mol. The zero-order chi connectivity index (χ0) is 20.7. The lowest BCUT2D eigenvalue weighted by Crippen LogP contribution is -2.40. The topological polar surface area (TPSA) is 62.0 Å². The number of benzene rings is 2. The Bertz CT molecular complexity index is 1200. The van der Waals surface area contributed by atoms with Gasteiger partial charge in [0.15, 0.2) is 5.43 Å². The summed E-state index contributed by atoms with van der Waals surface area (Å²) in [7, 11) is -1.65. The van der Waals surface area contributed by atoms with Gasteiger partial charge < -0.3 is 10.3 Å². The molecule has 1 amide bonds. The molecule has 3 rings (SSSR count). The van der Waals surface area contributed by atoms with Crippen molar-refractivity contribution in [2.75, 3.05) is 0 Å². The number of hydrogen-bond donors (Lipinski definition) is 2.